The van der Waals surface area contributed by atoms with Crippen molar-refractivity contribution in [2.75, 3.05) is 0 Å². The predicted octanol–water partition coefficient (Wildman–Crippen LogP) is 3.86. The van der Waals surface area contributed by atoms with Gasteiger partial charge in [-0.1, -0.05) is 29.8 Å². The molecule has 0 amide bonds. The van der Waals surface area contributed by atoms with E-state index in [4.69, 9.17) is 11.6 Å². The third kappa shape index (κ3) is 2.00. The predicted molar refractivity (Wildman–Crippen MR) is 82.3 cm³/mol. The summed E-state index contributed by atoms with van der Waals surface area (Å²) in [4.78, 5) is 11.8. The first-order valence-electron chi connectivity index (χ1n) is 6.32. The van der Waals surface area contributed by atoms with Crippen LogP contribution in [0.2, 0.25) is 5.02 Å². The molecular weight excluding hydrogens is 272 g/mol. The molecule has 0 aliphatic rings. The van der Waals surface area contributed by atoms with E-state index in [2.05, 4.69) is 10.2 Å². The van der Waals surface area contributed by atoms with Crippen molar-refractivity contribution >= 4 is 22.4 Å². The number of hydrogen-bond acceptors (Lipinski definition) is 2. The van der Waals surface area contributed by atoms with Crippen molar-refractivity contribution in [3.05, 3.63) is 62.9 Å². The van der Waals surface area contributed by atoms with E-state index in [9.17, 15) is 4.79 Å². The van der Waals surface area contributed by atoms with Crippen molar-refractivity contribution < 1.29 is 0 Å². The summed E-state index contributed by atoms with van der Waals surface area (Å²) in [5, 5.41) is 8.79. The molecule has 0 saturated carbocycles. The van der Waals surface area contributed by atoms with Crippen molar-refractivity contribution in [3.8, 4) is 11.3 Å². The second kappa shape index (κ2) is 4.76. The molecule has 4 heteroatoms. The summed E-state index contributed by atoms with van der Waals surface area (Å²) < 4.78 is 0. The van der Waals surface area contributed by atoms with Crippen LogP contribution in [0.25, 0.3) is 22.0 Å². The van der Waals surface area contributed by atoms with E-state index >= 15 is 0 Å². The summed E-state index contributed by atoms with van der Waals surface area (Å²) in [5.41, 5.74) is 3.62. The van der Waals surface area contributed by atoms with Crippen LogP contribution in [0.5, 0.6) is 0 Å². The summed E-state index contributed by atoms with van der Waals surface area (Å²) in [6.07, 6.45) is 0. The molecule has 0 aliphatic carbocycles. The van der Waals surface area contributed by atoms with Gasteiger partial charge in [0, 0.05) is 10.9 Å². The molecule has 0 saturated heterocycles. The maximum atomic E-state index is 11.8. The number of nitrogens with zero attached hydrogens (tertiary/aromatic N) is 1. The number of fused-ring (bicyclic) bond motifs is 1. The lowest BCUT2D eigenvalue weighted by Crippen LogP contribution is -2.09. The lowest BCUT2D eigenvalue weighted by atomic mass is 10.0. The molecule has 3 rings (SSSR count). The van der Waals surface area contributed by atoms with Crippen LogP contribution >= 0.6 is 11.6 Å². The van der Waals surface area contributed by atoms with Gasteiger partial charge in [0.1, 0.15) is 5.69 Å². The Balaban J connectivity index is 2.39. The molecule has 2 aromatic carbocycles. The van der Waals surface area contributed by atoms with E-state index < -0.39 is 0 Å². The molecule has 3 aromatic rings. The molecule has 0 spiro atoms. The second-order valence-electron chi connectivity index (χ2n) is 4.86. The van der Waals surface area contributed by atoms with Gasteiger partial charge < -0.3 is 0 Å². The quantitative estimate of drug-likeness (QED) is 0.737. The lowest BCUT2D eigenvalue weighted by Gasteiger charge is -2.09. The van der Waals surface area contributed by atoms with Gasteiger partial charge in [0.2, 0.25) is 0 Å². The van der Waals surface area contributed by atoms with Crippen molar-refractivity contribution in [3.63, 3.8) is 0 Å². The molecule has 3 nitrogen and oxygen atoms in total. The lowest BCUT2D eigenvalue weighted by molar-refractivity contribution is 1.02. The van der Waals surface area contributed by atoms with Crippen LogP contribution in [0, 0.1) is 13.8 Å². The zero-order valence-electron chi connectivity index (χ0n) is 11.2. The minimum atomic E-state index is -0.190. The number of benzene rings is 2. The van der Waals surface area contributed by atoms with Gasteiger partial charge in [0.15, 0.2) is 0 Å². The molecule has 0 fully saturated rings. The Morgan fingerprint density at radius 2 is 1.70 bits per heavy atom. The second-order valence-corrected chi connectivity index (χ2v) is 5.27. The van der Waals surface area contributed by atoms with Crippen molar-refractivity contribution in [2.45, 2.75) is 13.8 Å². The van der Waals surface area contributed by atoms with Gasteiger partial charge in [0.25, 0.3) is 5.56 Å². The number of aryl methyl sites for hydroxylation is 2. The van der Waals surface area contributed by atoms with E-state index in [0.717, 1.165) is 22.1 Å². The zero-order chi connectivity index (χ0) is 14.3. The van der Waals surface area contributed by atoms with Crippen LogP contribution in [0.3, 0.4) is 0 Å². The Kier molecular flexibility index (Phi) is 3.07. The average Bonchev–Trinajstić information content (AvgIpc) is 2.44. The first-order chi connectivity index (χ1) is 9.58. The van der Waals surface area contributed by atoms with Crippen LogP contribution in [-0.4, -0.2) is 10.2 Å². The van der Waals surface area contributed by atoms with Gasteiger partial charge in [-0.15, -0.1) is 0 Å². The van der Waals surface area contributed by atoms with Gasteiger partial charge in [0.05, 0.1) is 10.4 Å². The summed E-state index contributed by atoms with van der Waals surface area (Å²) in [7, 11) is 0. The van der Waals surface area contributed by atoms with E-state index in [1.807, 2.05) is 44.2 Å². The van der Waals surface area contributed by atoms with E-state index in [1.165, 1.54) is 0 Å². The summed E-state index contributed by atoms with van der Waals surface area (Å²) >= 11 is 6.34. The summed E-state index contributed by atoms with van der Waals surface area (Å²) in [6, 6.07) is 11.3. The van der Waals surface area contributed by atoms with Crippen LogP contribution in [0.4, 0.5) is 0 Å². The third-order valence-corrected chi connectivity index (χ3v) is 3.85. The Bertz CT molecular complexity index is 868. The van der Waals surface area contributed by atoms with Crippen molar-refractivity contribution in [1.82, 2.24) is 10.2 Å². The number of rotatable bonds is 1. The highest BCUT2D eigenvalue weighted by Gasteiger charge is 2.12. The fourth-order valence-corrected chi connectivity index (χ4v) is 2.59. The van der Waals surface area contributed by atoms with Crippen LogP contribution in [-0.2, 0) is 0 Å². The Morgan fingerprint density at radius 1 is 1.05 bits per heavy atom. The average molecular weight is 285 g/mol. The molecule has 0 aliphatic heterocycles. The van der Waals surface area contributed by atoms with Gasteiger partial charge in [-0.25, -0.2) is 5.10 Å². The first kappa shape index (κ1) is 12.9. The smallest absolute Gasteiger partial charge is 0.267 e. The van der Waals surface area contributed by atoms with E-state index in [0.29, 0.717) is 16.1 Å². The highest BCUT2D eigenvalue weighted by atomic mass is 35.5. The van der Waals surface area contributed by atoms with Crippen LogP contribution < -0.4 is 5.56 Å². The number of hydrogen-bond donors (Lipinski definition) is 1. The van der Waals surface area contributed by atoms with Gasteiger partial charge in [-0.3, -0.25) is 4.79 Å². The largest absolute Gasteiger partial charge is 0.272 e. The SMILES string of the molecule is Cc1cc(Cl)c(-c2n[nH]c(=O)c3ccccc23)cc1C. The van der Waals surface area contributed by atoms with Crippen LogP contribution in [0.15, 0.2) is 41.2 Å². The number of aromatic nitrogens is 2. The number of aromatic amines is 1. The molecule has 0 atom stereocenters. The topological polar surface area (TPSA) is 45.8 Å². The molecule has 0 unspecified atom stereocenters. The molecule has 1 aromatic heterocycles. The van der Waals surface area contributed by atoms with Gasteiger partial charge in [-0.2, -0.15) is 5.10 Å². The molecule has 0 bridgehead atoms. The third-order valence-electron chi connectivity index (χ3n) is 3.53. The van der Waals surface area contributed by atoms with Gasteiger partial charge >= 0.3 is 0 Å². The van der Waals surface area contributed by atoms with Crippen molar-refractivity contribution in [2.24, 2.45) is 0 Å². The fourth-order valence-electron chi connectivity index (χ4n) is 2.28. The highest BCUT2D eigenvalue weighted by molar-refractivity contribution is 6.33. The van der Waals surface area contributed by atoms with E-state index in [1.54, 1.807) is 6.07 Å². The number of halogens is 1. The normalized spacial score (nSPS) is 10.9. The molecule has 1 heterocycles. The maximum Gasteiger partial charge on any atom is 0.272 e. The fraction of sp³-hybridized carbons (Fsp3) is 0.125. The van der Waals surface area contributed by atoms with Crippen LogP contribution in [0.1, 0.15) is 11.1 Å². The number of H-pyrrole nitrogens is 1. The minimum Gasteiger partial charge on any atom is -0.267 e. The summed E-state index contributed by atoms with van der Waals surface area (Å²) in [6.45, 7) is 4.05. The molecule has 1 N–H and O–H groups in total. The molecule has 0 radical (unpaired) electrons. The Hall–Kier alpha value is -2.13. The van der Waals surface area contributed by atoms with Gasteiger partial charge in [-0.05, 0) is 43.2 Å². The molecular formula is C16H13ClN2O. The maximum absolute atomic E-state index is 11.8. The molecule has 100 valence electrons. The standard InChI is InChI=1S/C16H13ClN2O/c1-9-7-13(14(17)8-10(9)2)15-11-5-3-4-6-12(11)16(20)19-18-15/h3-8H,1-2H3,(H,19,20). The van der Waals surface area contributed by atoms with E-state index in [-0.39, 0.29) is 5.56 Å². The van der Waals surface area contributed by atoms with Crippen molar-refractivity contribution in [1.29, 1.82) is 0 Å². The minimum absolute atomic E-state index is 0.190. The highest BCUT2D eigenvalue weighted by Crippen LogP contribution is 2.32. The number of nitrogens with one attached hydrogen (secondary N) is 1. The molecule has 20 heavy (non-hydrogen) atoms. The summed E-state index contributed by atoms with van der Waals surface area (Å²) in [5.74, 6) is 0. The zero-order valence-corrected chi connectivity index (χ0v) is 12.0. The first-order valence-corrected chi connectivity index (χ1v) is 6.70. The Labute approximate surface area is 121 Å². The Morgan fingerprint density at radius 3 is 2.45 bits per heavy atom. The monoisotopic (exact) mass is 284 g/mol.